The molecule has 0 rings (SSSR count). The van der Waals surface area contributed by atoms with Crippen molar-refractivity contribution >= 4 is 39.5 Å². The molecule has 0 radical (unpaired) electrons. The van der Waals surface area contributed by atoms with E-state index in [0.29, 0.717) is 32.1 Å². The van der Waals surface area contributed by atoms with Crippen LogP contribution in [0.1, 0.15) is 323 Å². The van der Waals surface area contributed by atoms with Gasteiger partial charge in [-0.05, 0) is 161 Å². The minimum absolute atomic E-state index is 0.0695. The lowest BCUT2D eigenvalue weighted by molar-refractivity contribution is -0.161. The third-order valence-electron chi connectivity index (χ3n) is 16.6. The summed E-state index contributed by atoms with van der Waals surface area (Å²) in [6.07, 6.45) is 85.7. The quantitative estimate of drug-likeness (QED) is 0.0169. The normalized spacial score (nSPS) is 14.6. The topological polar surface area (TPSA) is 237 Å². The summed E-state index contributed by atoms with van der Waals surface area (Å²) in [7, 11) is -9.99. The maximum atomic E-state index is 13.1. The van der Waals surface area contributed by atoms with E-state index in [0.717, 1.165) is 173 Å². The van der Waals surface area contributed by atoms with Crippen LogP contribution in [0, 0.1) is 0 Å². The Hall–Kier alpha value is -4.80. The molecule has 596 valence electrons. The van der Waals surface area contributed by atoms with Crippen LogP contribution in [0.15, 0.2) is 134 Å². The molecule has 0 aliphatic carbocycles. The van der Waals surface area contributed by atoms with E-state index in [2.05, 4.69) is 149 Å². The summed E-state index contributed by atoms with van der Waals surface area (Å²) in [5, 5.41) is 10.6. The first-order valence-electron chi connectivity index (χ1n) is 40.4. The summed E-state index contributed by atoms with van der Waals surface area (Å²) in [6.45, 7) is 4.60. The fraction of sp³-hybridized carbons (Fsp3) is 0.694. The van der Waals surface area contributed by atoms with Crippen molar-refractivity contribution < 1.29 is 80.2 Å². The van der Waals surface area contributed by atoms with Crippen LogP contribution in [0.4, 0.5) is 0 Å². The molecule has 0 aromatic carbocycles. The lowest BCUT2D eigenvalue weighted by atomic mass is 10.1. The second kappa shape index (κ2) is 76.4. The van der Waals surface area contributed by atoms with Crippen LogP contribution in [0.25, 0.3) is 0 Å². The summed E-state index contributed by atoms with van der Waals surface area (Å²) in [5.74, 6) is -2.28. The second-order valence-corrected chi connectivity index (χ2v) is 29.5. The molecular formula is C85H144O17P2. The monoisotopic (exact) mass is 1500 g/mol. The van der Waals surface area contributed by atoms with Gasteiger partial charge in [-0.2, -0.15) is 0 Å². The Bertz CT molecular complexity index is 2490. The van der Waals surface area contributed by atoms with Gasteiger partial charge < -0.3 is 33.8 Å². The van der Waals surface area contributed by atoms with Gasteiger partial charge in [0.2, 0.25) is 0 Å². The van der Waals surface area contributed by atoms with Gasteiger partial charge >= 0.3 is 39.5 Å². The van der Waals surface area contributed by atoms with Gasteiger partial charge in [0.05, 0.1) is 26.4 Å². The molecule has 0 spiro atoms. The molecule has 0 aliphatic heterocycles. The Morgan fingerprint density at radius 1 is 0.279 bits per heavy atom. The third kappa shape index (κ3) is 75.4. The van der Waals surface area contributed by atoms with E-state index in [1.54, 1.807) is 0 Å². The van der Waals surface area contributed by atoms with Gasteiger partial charge in [0.15, 0.2) is 12.2 Å². The lowest BCUT2D eigenvalue weighted by Crippen LogP contribution is -2.30. The number of hydrogen-bond acceptors (Lipinski definition) is 15. The van der Waals surface area contributed by atoms with Gasteiger partial charge in [-0.15, -0.1) is 0 Å². The predicted octanol–water partition coefficient (Wildman–Crippen LogP) is 23.7. The van der Waals surface area contributed by atoms with Crippen molar-refractivity contribution in [3.8, 4) is 0 Å². The minimum atomic E-state index is -4.99. The molecule has 5 unspecified atom stereocenters. The SMILES string of the molecule is CC/C=C\C/C=C\C/C=C\C/C=C\C/C=C\CCCC(=O)OCC(COP(=O)(O)OCC(O)COP(=O)(O)OCC(COC(=O)CCCCCCCC/C=C\C/C=C\C/C=C\CCCCC)OC(=O)CCCCCCC/C=C\C/C=C\CCCCC)OC(=O)CCCCCCC/C=C\CCCCCC. The first-order chi connectivity index (χ1) is 50.7. The number of carbonyl (C=O) groups is 4. The standard InChI is InChI=1S/C85H144O17P2/c1-5-9-13-17-21-25-29-33-36-38-39-41-44-47-50-54-58-62-66-70-83(88)96-76-81(102-85(90)72-68-64-60-56-52-48-42-35-31-27-23-19-15-11-7-3)78-100-104(93,94)98-74-79(86)73-97-103(91,92)99-77-80(101-84(89)71-67-63-59-55-51-45-32-28-24-20-16-12-8-4)75-95-82(87)69-65-61-57-53-49-46-43-40-37-34-30-26-22-18-14-10-6-2/h10,14,21-23,25-28,32-37,39,41-43,46,53,57,79-81,86H,5-9,11-13,15-20,24,29-31,38,40,44-45,47-52,54-56,58-78H2,1-4H3,(H,91,92)(H,93,94)/b14-10-,25-21-,26-22-,27-23-,32-28-,36-33-,37-34-,41-39-,42-35-,46-43-,57-53-. The van der Waals surface area contributed by atoms with Crippen molar-refractivity contribution in [2.75, 3.05) is 39.6 Å². The highest BCUT2D eigenvalue weighted by molar-refractivity contribution is 7.47. The molecule has 0 heterocycles. The number of carbonyl (C=O) groups excluding carboxylic acids is 4. The summed E-state index contributed by atoms with van der Waals surface area (Å²) in [5.41, 5.74) is 0. The molecule has 0 aromatic heterocycles. The molecule has 19 heteroatoms. The number of hydrogen-bond donors (Lipinski definition) is 3. The van der Waals surface area contributed by atoms with Crippen molar-refractivity contribution in [3.63, 3.8) is 0 Å². The zero-order valence-corrected chi connectivity index (χ0v) is 66.9. The van der Waals surface area contributed by atoms with Gasteiger partial charge in [0.1, 0.15) is 19.3 Å². The molecule has 0 amide bonds. The smallest absolute Gasteiger partial charge is 0.462 e. The van der Waals surface area contributed by atoms with Crippen molar-refractivity contribution in [2.24, 2.45) is 0 Å². The van der Waals surface area contributed by atoms with E-state index in [-0.39, 0.29) is 25.7 Å². The van der Waals surface area contributed by atoms with Gasteiger partial charge in [0, 0.05) is 25.7 Å². The van der Waals surface area contributed by atoms with Crippen molar-refractivity contribution in [1.29, 1.82) is 0 Å². The number of rotatable bonds is 75. The van der Waals surface area contributed by atoms with E-state index in [1.165, 1.54) is 64.2 Å². The Morgan fingerprint density at radius 2 is 0.510 bits per heavy atom. The van der Waals surface area contributed by atoms with E-state index < -0.39 is 97.5 Å². The van der Waals surface area contributed by atoms with Crippen molar-refractivity contribution in [3.05, 3.63) is 134 Å². The van der Waals surface area contributed by atoms with E-state index in [9.17, 15) is 43.2 Å². The summed E-state index contributed by atoms with van der Waals surface area (Å²) in [6, 6.07) is 0. The predicted molar refractivity (Wildman–Crippen MR) is 427 cm³/mol. The van der Waals surface area contributed by atoms with Crippen molar-refractivity contribution in [2.45, 2.75) is 341 Å². The molecule has 104 heavy (non-hydrogen) atoms. The van der Waals surface area contributed by atoms with Crippen LogP contribution >= 0.6 is 15.6 Å². The van der Waals surface area contributed by atoms with Crippen LogP contribution < -0.4 is 0 Å². The summed E-state index contributed by atoms with van der Waals surface area (Å²) < 4.78 is 68.6. The highest BCUT2D eigenvalue weighted by atomic mass is 31.2. The van der Waals surface area contributed by atoms with Gasteiger partial charge in [-0.1, -0.05) is 271 Å². The molecule has 0 saturated carbocycles. The molecule has 0 bridgehead atoms. The molecular weight excluding hydrogens is 1350 g/mol. The average Bonchev–Trinajstić information content (AvgIpc) is 0.918. The molecule has 0 fully saturated rings. The summed E-state index contributed by atoms with van der Waals surface area (Å²) >= 11 is 0. The average molecular weight is 1500 g/mol. The number of phosphoric ester groups is 2. The van der Waals surface area contributed by atoms with E-state index >= 15 is 0 Å². The van der Waals surface area contributed by atoms with Gasteiger partial charge in [-0.3, -0.25) is 37.3 Å². The highest BCUT2D eigenvalue weighted by Gasteiger charge is 2.30. The fourth-order valence-electron chi connectivity index (χ4n) is 10.4. The highest BCUT2D eigenvalue weighted by Crippen LogP contribution is 2.45. The number of aliphatic hydroxyl groups excluding tert-OH is 1. The van der Waals surface area contributed by atoms with Crippen LogP contribution in [-0.2, 0) is 65.4 Å². The molecule has 3 N–H and O–H groups in total. The molecule has 0 aliphatic rings. The minimum Gasteiger partial charge on any atom is -0.462 e. The van der Waals surface area contributed by atoms with Crippen LogP contribution in [0.2, 0.25) is 0 Å². The van der Waals surface area contributed by atoms with Crippen LogP contribution in [0.3, 0.4) is 0 Å². The zero-order valence-electron chi connectivity index (χ0n) is 65.2. The third-order valence-corrected chi connectivity index (χ3v) is 18.5. The maximum Gasteiger partial charge on any atom is 0.472 e. The Balaban J connectivity index is 5.42. The summed E-state index contributed by atoms with van der Waals surface area (Å²) in [4.78, 5) is 73.0. The van der Waals surface area contributed by atoms with Crippen molar-refractivity contribution in [1.82, 2.24) is 0 Å². The molecule has 0 saturated heterocycles. The number of allylic oxidation sites excluding steroid dienone is 22. The van der Waals surface area contributed by atoms with Crippen LogP contribution in [-0.4, -0.2) is 96.7 Å². The number of ether oxygens (including phenoxy) is 4. The molecule has 5 atom stereocenters. The Labute approximate surface area is 631 Å². The largest absolute Gasteiger partial charge is 0.472 e. The zero-order chi connectivity index (χ0) is 76.0. The molecule has 17 nitrogen and oxygen atoms in total. The number of aliphatic hydroxyl groups is 1. The fourth-order valence-corrected chi connectivity index (χ4v) is 12.0. The maximum absolute atomic E-state index is 13.1. The first kappa shape index (κ1) is 99.2. The number of esters is 4. The Kier molecular flexibility index (Phi) is 72.9. The van der Waals surface area contributed by atoms with E-state index in [4.69, 9.17) is 37.0 Å². The first-order valence-corrected chi connectivity index (χ1v) is 43.4. The number of phosphoric acid groups is 2. The number of unbranched alkanes of at least 4 members (excludes halogenated alkanes) is 27. The Morgan fingerprint density at radius 3 is 0.837 bits per heavy atom. The van der Waals surface area contributed by atoms with Gasteiger partial charge in [0.25, 0.3) is 0 Å². The lowest BCUT2D eigenvalue weighted by Gasteiger charge is -2.21. The second-order valence-electron chi connectivity index (χ2n) is 26.6. The van der Waals surface area contributed by atoms with E-state index in [1.807, 2.05) is 12.2 Å². The van der Waals surface area contributed by atoms with Crippen LogP contribution in [0.5, 0.6) is 0 Å². The van der Waals surface area contributed by atoms with Gasteiger partial charge in [-0.25, -0.2) is 9.13 Å². The molecule has 0 aromatic rings.